The van der Waals surface area contributed by atoms with E-state index in [4.69, 9.17) is 23.2 Å². The van der Waals surface area contributed by atoms with Crippen molar-refractivity contribution < 1.29 is 0 Å². The summed E-state index contributed by atoms with van der Waals surface area (Å²) in [7, 11) is 0. The molecule has 0 spiro atoms. The summed E-state index contributed by atoms with van der Waals surface area (Å²) in [6.45, 7) is 0.766. The maximum absolute atomic E-state index is 8.63. The summed E-state index contributed by atoms with van der Waals surface area (Å²) in [6.07, 6.45) is 0. The van der Waals surface area contributed by atoms with Crippen molar-refractivity contribution in [1.82, 2.24) is 5.32 Å². The van der Waals surface area contributed by atoms with Crippen molar-refractivity contribution in [1.29, 1.82) is 5.26 Å². The molecule has 0 radical (unpaired) electrons. The van der Waals surface area contributed by atoms with Gasteiger partial charge in [-0.2, -0.15) is 5.26 Å². The Balaban J connectivity index is 2.94. The number of hydrogen-bond acceptors (Lipinski definition) is 5. The number of hydrogen-bond donors (Lipinski definition) is 2. The Morgan fingerprint density at radius 2 is 2.45 bits per heavy atom. The van der Waals surface area contributed by atoms with Gasteiger partial charge in [0.25, 0.3) is 0 Å². The highest BCUT2D eigenvalue weighted by Crippen LogP contribution is 2.15. The van der Waals surface area contributed by atoms with Crippen LogP contribution in [0.3, 0.4) is 0 Å². The number of nitrogens with one attached hydrogen (secondary N) is 1. The molecule has 0 saturated carbocycles. The Morgan fingerprint density at radius 3 is 3.09 bits per heavy atom. The first kappa shape index (κ1) is 8.37. The van der Waals surface area contributed by atoms with Crippen molar-refractivity contribution in [3.05, 3.63) is 11.4 Å². The summed E-state index contributed by atoms with van der Waals surface area (Å²) in [5.74, 6) is 1.27. The van der Waals surface area contributed by atoms with E-state index in [1.54, 1.807) is 0 Å². The molecule has 1 aliphatic rings. The number of nitrogens with zero attached hydrogens (tertiary/aromatic N) is 1. The molecule has 1 heterocycles. The Bertz CT molecular complexity index is 251. The van der Waals surface area contributed by atoms with Crippen LogP contribution in [0.1, 0.15) is 0 Å². The van der Waals surface area contributed by atoms with Crippen LogP contribution in [0.4, 0.5) is 0 Å². The molecule has 3 N–H and O–H groups in total. The molecule has 58 valence electrons. The Hall–Kier alpha value is -0.730. The molecule has 0 saturated heterocycles. The lowest BCUT2D eigenvalue weighted by molar-refractivity contribution is 0.848. The maximum Gasteiger partial charge on any atom is 0.116 e. The SMILES string of the molecule is N#CC1=C(N)NCCSC1=S. The third-order valence-corrected chi connectivity index (χ3v) is 2.67. The van der Waals surface area contributed by atoms with Gasteiger partial charge < -0.3 is 11.1 Å². The Labute approximate surface area is 74.6 Å². The topological polar surface area (TPSA) is 61.8 Å². The number of nitrogens with two attached hydrogens (primary N) is 1. The van der Waals surface area contributed by atoms with Crippen LogP contribution in [0.25, 0.3) is 0 Å². The van der Waals surface area contributed by atoms with E-state index in [0.717, 1.165) is 12.3 Å². The summed E-state index contributed by atoms with van der Waals surface area (Å²) in [6, 6.07) is 1.97. The zero-order valence-corrected chi connectivity index (χ0v) is 7.39. The molecule has 0 bridgehead atoms. The molecule has 0 amide bonds. The van der Waals surface area contributed by atoms with E-state index in [0.29, 0.717) is 15.6 Å². The van der Waals surface area contributed by atoms with Gasteiger partial charge in [-0.15, -0.1) is 11.8 Å². The lowest BCUT2D eigenvalue weighted by Crippen LogP contribution is -2.22. The van der Waals surface area contributed by atoms with Crippen molar-refractivity contribution in [3.8, 4) is 6.07 Å². The summed E-state index contributed by atoms with van der Waals surface area (Å²) >= 11 is 6.44. The monoisotopic (exact) mass is 185 g/mol. The van der Waals surface area contributed by atoms with E-state index < -0.39 is 0 Å². The van der Waals surface area contributed by atoms with Gasteiger partial charge in [-0.25, -0.2) is 0 Å². The lowest BCUT2D eigenvalue weighted by atomic mass is 10.3. The fourth-order valence-electron chi connectivity index (χ4n) is 0.706. The van der Waals surface area contributed by atoms with Crippen molar-refractivity contribution in [3.63, 3.8) is 0 Å². The molecule has 11 heavy (non-hydrogen) atoms. The first-order valence-electron chi connectivity index (χ1n) is 3.06. The minimum Gasteiger partial charge on any atom is -0.384 e. The van der Waals surface area contributed by atoms with Crippen molar-refractivity contribution >= 4 is 28.2 Å². The Kier molecular flexibility index (Phi) is 2.74. The normalized spacial score (nSPS) is 18.6. The van der Waals surface area contributed by atoms with E-state index in [-0.39, 0.29) is 0 Å². The molecule has 0 aromatic carbocycles. The third-order valence-electron chi connectivity index (χ3n) is 1.24. The second-order valence-electron chi connectivity index (χ2n) is 1.96. The van der Waals surface area contributed by atoms with Gasteiger partial charge in [0.05, 0.1) is 4.20 Å². The minimum atomic E-state index is 0.405. The fourth-order valence-corrected chi connectivity index (χ4v) is 1.80. The van der Waals surface area contributed by atoms with E-state index in [9.17, 15) is 0 Å². The molecule has 5 heteroatoms. The molecular weight excluding hydrogens is 178 g/mol. The minimum absolute atomic E-state index is 0.405. The number of rotatable bonds is 0. The number of nitriles is 1. The summed E-state index contributed by atoms with van der Waals surface area (Å²) in [4.78, 5) is 0. The van der Waals surface area contributed by atoms with E-state index in [2.05, 4.69) is 5.32 Å². The molecule has 1 aliphatic heterocycles. The molecular formula is C6H7N3S2. The summed E-state index contributed by atoms with van der Waals surface area (Å²) in [5, 5.41) is 11.5. The predicted octanol–water partition coefficient (Wildman–Crippen LogP) is 0.344. The van der Waals surface area contributed by atoms with Crippen molar-refractivity contribution in [2.45, 2.75) is 0 Å². The van der Waals surface area contributed by atoms with Crippen molar-refractivity contribution in [2.75, 3.05) is 12.3 Å². The van der Waals surface area contributed by atoms with Gasteiger partial charge in [0.1, 0.15) is 17.5 Å². The molecule has 3 nitrogen and oxygen atoms in total. The quantitative estimate of drug-likeness (QED) is 0.533. The van der Waals surface area contributed by atoms with E-state index in [1.165, 1.54) is 11.8 Å². The highest BCUT2D eigenvalue weighted by Gasteiger charge is 2.12. The number of thioether (sulfide) groups is 1. The second kappa shape index (κ2) is 3.60. The maximum atomic E-state index is 8.63. The highest BCUT2D eigenvalue weighted by atomic mass is 32.2. The lowest BCUT2D eigenvalue weighted by Gasteiger charge is -2.00. The summed E-state index contributed by atoms with van der Waals surface area (Å²) in [5.41, 5.74) is 5.93. The fraction of sp³-hybridized carbons (Fsp3) is 0.333. The van der Waals surface area contributed by atoms with Crippen LogP contribution in [0.5, 0.6) is 0 Å². The molecule has 0 aromatic heterocycles. The van der Waals surface area contributed by atoms with Crippen molar-refractivity contribution in [2.24, 2.45) is 5.73 Å². The van der Waals surface area contributed by atoms with E-state index in [1.807, 2.05) is 6.07 Å². The van der Waals surface area contributed by atoms with Crippen LogP contribution in [0, 0.1) is 11.3 Å². The van der Waals surface area contributed by atoms with Crippen LogP contribution in [-0.4, -0.2) is 16.5 Å². The van der Waals surface area contributed by atoms with Crippen LogP contribution < -0.4 is 11.1 Å². The molecule has 1 rings (SSSR count). The van der Waals surface area contributed by atoms with E-state index >= 15 is 0 Å². The van der Waals surface area contributed by atoms with Crippen LogP contribution in [0.15, 0.2) is 11.4 Å². The Morgan fingerprint density at radius 1 is 1.73 bits per heavy atom. The second-order valence-corrected chi connectivity index (χ2v) is 3.74. The van der Waals surface area contributed by atoms with Crippen LogP contribution in [-0.2, 0) is 0 Å². The zero-order chi connectivity index (χ0) is 8.27. The van der Waals surface area contributed by atoms with Gasteiger partial charge in [-0.05, 0) is 0 Å². The van der Waals surface area contributed by atoms with Gasteiger partial charge in [0.15, 0.2) is 0 Å². The smallest absolute Gasteiger partial charge is 0.116 e. The van der Waals surface area contributed by atoms with Gasteiger partial charge >= 0.3 is 0 Å². The third kappa shape index (κ3) is 1.85. The van der Waals surface area contributed by atoms with Gasteiger partial charge in [-0.3, -0.25) is 0 Å². The van der Waals surface area contributed by atoms with Gasteiger partial charge in [-0.1, -0.05) is 12.2 Å². The highest BCUT2D eigenvalue weighted by molar-refractivity contribution is 8.23. The first-order valence-corrected chi connectivity index (χ1v) is 4.46. The van der Waals surface area contributed by atoms with Gasteiger partial charge in [0, 0.05) is 12.3 Å². The molecule has 0 fully saturated rings. The molecule has 0 aliphatic carbocycles. The average Bonchev–Trinajstić information content (AvgIpc) is 2.12. The predicted molar refractivity (Wildman–Crippen MR) is 49.9 cm³/mol. The average molecular weight is 185 g/mol. The van der Waals surface area contributed by atoms with Gasteiger partial charge in [0.2, 0.25) is 0 Å². The zero-order valence-electron chi connectivity index (χ0n) is 5.76. The summed E-state index contributed by atoms with van der Waals surface area (Å²) < 4.78 is 0.593. The molecule has 0 aromatic rings. The van der Waals surface area contributed by atoms with Crippen LogP contribution in [0.2, 0.25) is 0 Å². The molecule has 0 atom stereocenters. The largest absolute Gasteiger partial charge is 0.384 e. The number of thiocarbonyl (C=S) groups is 1. The van der Waals surface area contributed by atoms with Crippen LogP contribution >= 0.6 is 24.0 Å². The standard InChI is InChI=1S/C6H7N3S2/c7-3-4-5(8)9-1-2-11-6(4)10/h9H,1-2,8H2. The first-order chi connectivity index (χ1) is 5.25. The molecule has 0 unspecified atom stereocenters.